The van der Waals surface area contributed by atoms with Crippen LogP contribution in [0.2, 0.25) is 0 Å². The van der Waals surface area contributed by atoms with Gasteiger partial charge in [0.2, 0.25) is 0 Å². The summed E-state index contributed by atoms with van der Waals surface area (Å²) in [6.07, 6.45) is 7.53. The first-order valence-electron chi connectivity index (χ1n) is 7.16. The predicted octanol–water partition coefficient (Wildman–Crippen LogP) is 2.60. The molecule has 0 aromatic rings. The quantitative estimate of drug-likeness (QED) is 0.570. The molecule has 0 saturated heterocycles. The van der Waals surface area contributed by atoms with Gasteiger partial charge in [0.05, 0.1) is 5.84 Å². The van der Waals surface area contributed by atoms with E-state index in [4.69, 9.17) is 11.1 Å². The minimum absolute atomic E-state index is 0.341. The highest BCUT2D eigenvalue weighted by molar-refractivity contribution is 5.76. The second-order valence-corrected chi connectivity index (χ2v) is 6.17. The van der Waals surface area contributed by atoms with Crippen molar-refractivity contribution >= 4 is 5.84 Å². The van der Waals surface area contributed by atoms with Crippen molar-refractivity contribution in [3.05, 3.63) is 0 Å². The average Bonchev–Trinajstić information content (AvgIpc) is 3.07. The van der Waals surface area contributed by atoms with Crippen molar-refractivity contribution in [1.29, 1.82) is 5.41 Å². The maximum absolute atomic E-state index is 7.39. The number of rotatable bonds is 5. The zero-order chi connectivity index (χ0) is 12.4. The monoisotopic (exact) mass is 237 g/mol. The first kappa shape index (κ1) is 12.9. The molecule has 3 atom stereocenters. The minimum atomic E-state index is 0.341. The Morgan fingerprint density at radius 2 is 1.76 bits per heavy atom. The molecule has 98 valence electrons. The van der Waals surface area contributed by atoms with Gasteiger partial charge in [-0.25, -0.2) is 0 Å². The van der Waals surface area contributed by atoms with Crippen LogP contribution in [-0.4, -0.2) is 29.4 Å². The highest BCUT2D eigenvalue weighted by Crippen LogP contribution is 2.37. The van der Waals surface area contributed by atoms with Crippen molar-refractivity contribution in [2.75, 3.05) is 6.54 Å². The van der Waals surface area contributed by atoms with E-state index in [0.29, 0.717) is 5.84 Å². The third-order valence-electron chi connectivity index (χ3n) is 4.69. The van der Waals surface area contributed by atoms with Crippen molar-refractivity contribution in [3.8, 4) is 0 Å². The lowest BCUT2D eigenvalue weighted by Gasteiger charge is -2.39. The number of nitrogens with two attached hydrogens (primary N) is 1. The molecule has 2 saturated carbocycles. The van der Waals surface area contributed by atoms with Gasteiger partial charge < -0.3 is 5.73 Å². The normalized spacial score (nSPS) is 33.9. The zero-order valence-corrected chi connectivity index (χ0v) is 11.3. The van der Waals surface area contributed by atoms with E-state index in [1.807, 2.05) is 0 Å². The van der Waals surface area contributed by atoms with Gasteiger partial charge in [-0.2, -0.15) is 0 Å². The van der Waals surface area contributed by atoms with E-state index in [0.717, 1.165) is 36.9 Å². The third-order valence-corrected chi connectivity index (χ3v) is 4.69. The van der Waals surface area contributed by atoms with Gasteiger partial charge >= 0.3 is 0 Å². The number of hydrogen-bond donors (Lipinski definition) is 2. The van der Waals surface area contributed by atoms with E-state index in [9.17, 15) is 0 Å². The standard InChI is InChI=1S/C14H27N3/c1-10-3-4-13(9-11(10)2)17(12-5-6-12)8-7-14(15)16/h10-13H,3-9H2,1-2H3,(H3,15,16). The Balaban J connectivity index is 1.89. The van der Waals surface area contributed by atoms with Crippen LogP contribution < -0.4 is 5.73 Å². The molecule has 3 heteroatoms. The lowest BCUT2D eigenvalue weighted by atomic mass is 9.78. The molecule has 0 aliphatic heterocycles. The van der Waals surface area contributed by atoms with E-state index in [2.05, 4.69) is 18.7 Å². The van der Waals surface area contributed by atoms with Gasteiger partial charge in [-0.3, -0.25) is 10.3 Å². The second-order valence-electron chi connectivity index (χ2n) is 6.17. The van der Waals surface area contributed by atoms with E-state index in [1.54, 1.807) is 0 Å². The minimum Gasteiger partial charge on any atom is -0.388 e. The van der Waals surface area contributed by atoms with Crippen LogP contribution in [0.4, 0.5) is 0 Å². The molecule has 0 heterocycles. The molecule has 0 amide bonds. The Bertz CT molecular complexity index is 273. The van der Waals surface area contributed by atoms with E-state index in [1.165, 1.54) is 32.1 Å². The van der Waals surface area contributed by atoms with Crippen LogP contribution in [0.3, 0.4) is 0 Å². The van der Waals surface area contributed by atoms with Gasteiger partial charge in [0.15, 0.2) is 0 Å². The fraction of sp³-hybridized carbons (Fsp3) is 0.929. The first-order chi connectivity index (χ1) is 8.08. The Morgan fingerprint density at radius 3 is 2.29 bits per heavy atom. The molecule has 0 aromatic carbocycles. The third kappa shape index (κ3) is 3.44. The molecule has 0 spiro atoms. The lowest BCUT2D eigenvalue weighted by molar-refractivity contribution is 0.104. The molecule has 2 aliphatic rings. The van der Waals surface area contributed by atoms with Crippen LogP contribution in [0.1, 0.15) is 52.4 Å². The van der Waals surface area contributed by atoms with Crippen molar-refractivity contribution in [2.24, 2.45) is 17.6 Å². The SMILES string of the molecule is CC1CCC(N(CCC(=N)N)C2CC2)CC1C. The molecule has 3 nitrogen and oxygen atoms in total. The summed E-state index contributed by atoms with van der Waals surface area (Å²) in [6, 6.07) is 1.56. The topological polar surface area (TPSA) is 53.1 Å². The second kappa shape index (κ2) is 5.38. The predicted molar refractivity (Wildman–Crippen MR) is 72.2 cm³/mol. The lowest BCUT2D eigenvalue weighted by Crippen LogP contribution is -2.43. The first-order valence-corrected chi connectivity index (χ1v) is 7.16. The maximum atomic E-state index is 7.39. The summed E-state index contributed by atoms with van der Waals surface area (Å²) in [5, 5.41) is 7.39. The van der Waals surface area contributed by atoms with Crippen LogP contribution in [-0.2, 0) is 0 Å². The van der Waals surface area contributed by atoms with Gasteiger partial charge in [0.1, 0.15) is 0 Å². The number of nitrogens with one attached hydrogen (secondary N) is 1. The Kier molecular flexibility index (Phi) is 4.08. The summed E-state index contributed by atoms with van der Waals surface area (Å²) < 4.78 is 0. The molecular weight excluding hydrogens is 210 g/mol. The Labute approximate surface area is 105 Å². The number of hydrogen-bond acceptors (Lipinski definition) is 2. The Morgan fingerprint density at radius 1 is 1.12 bits per heavy atom. The molecule has 2 aliphatic carbocycles. The molecule has 0 aromatic heterocycles. The molecule has 2 fully saturated rings. The van der Waals surface area contributed by atoms with E-state index >= 15 is 0 Å². The fourth-order valence-electron chi connectivity index (χ4n) is 3.14. The largest absolute Gasteiger partial charge is 0.388 e. The zero-order valence-electron chi connectivity index (χ0n) is 11.3. The van der Waals surface area contributed by atoms with Gasteiger partial charge in [0.25, 0.3) is 0 Å². The summed E-state index contributed by atoms with van der Waals surface area (Å²) in [6.45, 7) is 5.79. The van der Waals surface area contributed by atoms with E-state index < -0.39 is 0 Å². The van der Waals surface area contributed by atoms with Crippen molar-refractivity contribution < 1.29 is 0 Å². The summed E-state index contributed by atoms with van der Waals surface area (Å²) in [5.41, 5.74) is 5.50. The number of amidine groups is 1. The smallest absolute Gasteiger partial charge is 0.0918 e. The van der Waals surface area contributed by atoms with Gasteiger partial charge in [0, 0.05) is 25.0 Å². The van der Waals surface area contributed by atoms with E-state index in [-0.39, 0.29) is 0 Å². The molecule has 0 radical (unpaired) electrons. The van der Waals surface area contributed by atoms with Crippen LogP contribution in [0.25, 0.3) is 0 Å². The van der Waals surface area contributed by atoms with Crippen LogP contribution in [0.5, 0.6) is 0 Å². The molecule has 2 rings (SSSR count). The summed E-state index contributed by atoms with van der Waals surface area (Å²) >= 11 is 0. The van der Waals surface area contributed by atoms with Crippen LogP contribution in [0.15, 0.2) is 0 Å². The fourth-order valence-corrected chi connectivity index (χ4v) is 3.14. The average molecular weight is 237 g/mol. The van der Waals surface area contributed by atoms with Gasteiger partial charge in [-0.15, -0.1) is 0 Å². The van der Waals surface area contributed by atoms with Crippen LogP contribution >= 0.6 is 0 Å². The van der Waals surface area contributed by atoms with Crippen LogP contribution in [0, 0.1) is 17.2 Å². The summed E-state index contributed by atoms with van der Waals surface area (Å²) in [4.78, 5) is 2.66. The molecule has 0 bridgehead atoms. The molecule has 3 N–H and O–H groups in total. The van der Waals surface area contributed by atoms with Crippen molar-refractivity contribution in [2.45, 2.75) is 64.5 Å². The summed E-state index contributed by atoms with van der Waals surface area (Å²) in [7, 11) is 0. The highest BCUT2D eigenvalue weighted by atomic mass is 15.2. The maximum Gasteiger partial charge on any atom is 0.0918 e. The molecular formula is C14H27N3. The van der Waals surface area contributed by atoms with Gasteiger partial charge in [-0.05, 0) is 43.9 Å². The number of nitrogens with zero attached hydrogens (tertiary/aromatic N) is 1. The molecule has 17 heavy (non-hydrogen) atoms. The highest BCUT2D eigenvalue weighted by Gasteiger charge is 2.36. The van der Waals surface area contributed by atoms with Gasteiger partial charge in [-0.1, -0.05) is 13.8 Å². The summed E-state index contributed by atoms with van der Waals surface area (Å²) in [5.74, 6) is 2.08. The Hall–Kier alpha value is -0.570. The van der Waals surface area contributed by atoms with Crippen molar-refractivity contribution in [1.82, 2.24) is 4.90 Å². The molecule has 3 unspecified atom stereocenters. The van der Waals surface area contributed by atoms with Crippen molar-refractivity contribution in [3.63, 3.8) is 0 Å².